The van der Waals surface area contributed by atoms with E-state index in [1.165, 1.54) is 5.56 Å². The number of aromatic nitrogens is 4. The van der Waals surface area contributed by atoms with E-state index in [4.69, 9.17) is 4.74 Å². The van der Waals surface area contributed by atoms with Gasteiger partial charge in [-0.25, -0.2) is 9.97 Å². The molecule has 0 saturated carbocycles. The van der Waals surface area contributed by atoms with Crippen LogP contribution < -0.4 is 10.1 Å². The number of hydrogen-bond donors (Lipinski definition) is 1. The Labute approximate surface area is 151 Å². The fourth-order valence-corrected chi connectivity index (χ4v) is 2.87. The highest BCUT2D eigenvalue weighted by Crippen LogP contribution is 2.23. The van der Waals surface area contributed by atoms with Crippen LogP contribution in [0, 0.1) is 0 Å². The Bertz CT molecular complexity index is 1030. The summed E-state index contributed by atoms with van der Waals surface area (Å²) < 4.78 is 7.20. The Kier molecular flexibility index (Phi) is 4.23. The monoisotopic (exact) mass is 345 g/mol. The zero-order chi connectivity index (χ0) is 17.9. The van der Waals surface area contributed by atoms with Gasteiger partial charge in [-0.1, -0.05) is 30.3 Å². The molecule has 0 unspecified atom stereocenters. The number of anilines is 1. The number of rotatable bonds is 5. The van der Waals surface area contributed by atoms with Crippen molar-refractivity contribution in [1.82, 2.24) is 19.5 Å². The molecule has 0 radical (unpaired) electrons. The van der Waals surface area contributed by atoms with Crippen LogP contribution in [0.5, 0.6) is 5.75 Å². The second kappa shape index (κ2) is 6.84. The summed E-state index contributed by atoms with van der Waals surface area (Å²) in [6, 6.07) is 18.0. The highest BCUT2D eigenvalue weighted by atomic mass is 16.5. The predicted molar refractivity (Wildman–Crippen MR) is 102 cm³/mol. The van der Waals surface area contributed by atoms with Crippen molar-refractivity contribution in [2.45, 2.75) is 13.0 Å². The second-order valence-electron chi connectivity index (χ2n) is 5.98. The Morgan fingerprint density at radius 3 is 2.69 bits per heavy atom. The van der Waals surface area contributed by atoms with Crippen molar-refractivity contribution in [1.29, 1.82) is 0 Å². The number of benzene rings is 2. The molecule has 26 heavy (non-hydrogen) atoms. The minimum atomic E-state index is 0.107. The smallest absolute Gasteiger partial charge is 0.225 e. The Morgan fingerprint density at radius 1 is 1.04 bits per heavy atom. The van der Waals surface area contributed by atoms with E-state index in [1.54, 1.807) is 19.6 Å². The van der Waals surface area contributed by atoms with E-state index in [-0.39, 0.29) is 6.04 Å². The Morgan fingerprint density at radius 2 is 1.88 bits per heavy atom. The van der Waals surface area contributed by atoms with Crippen LogP contribution >= 0.6 is 0 Å². The molecule has 0 amide bonds. The van der Waals surface area contributed by atoms with Crippen LogP contribution in [-0.4, -0.2) is 26.6 Å². The summed E-state index contributed by atoms with van der Waals surface area (Å²) in [5.74, 6) is 2.12. The third-order valence-corrected chi connectivity index (χ3v) is 4.29. The quantitative estimate of drug-likeness (QED) is 0.592. The van der Waals surface area contributed by atoms with Crippen LogP contribution in [0.15, 0.2) is 67.1 Å². The molecule has 1 atom stereocenters. The molecule has 1 N–H and O–H groups in total. The van der Waals surface area contributed by atoms with Gasteiger partial charge in [-0.2, -0.15) is 4.98 Å². The summed E-state index contributed by atoms with van der Waals surface area (Å²) >= 11 is 0. The van der Waals surface area contributed by atoms with E-state index in [2.05, 4.69) is 39.3 Å². The molecule has 0 fully saturated rings. The summed E-state index contributed by atoms with van der Waals surface area (Å²) in [7, 11) is 1.65. The molecule has 2 aromatic carbocycles. The van der Waals surface area contributed by atoms with Gasteiger partial charge in [0.1, 0.15) is 17.9 Å². The topological polar surface area (TPSA) is 64.9 Å². The predicted octanol–water partition coefficient (Wildman–Crippen LogP) is 4.00. The van der Waals surface area contributed by atoms with Gasteiger partial charge in [-0.15, -0.1) is 0 Å². The van der Waals surface area contributed by atoms with E-state index in [9.17, 15) is 0 Å². The van der Waals surface area contributed by atoms with Crippen LogP contribution in [0.25, 0.3) is 16.9 Å². The molecular weight excluding hydrogens is 326 g/mol. The zero-order valence-corrected chi connectivity index (χ0v) is 14.6. The summed E-state index contributed by atoms with van der Waals surface area (Å²) in [4.78, 5) is 13.4. The van der Waals surface area contributed by atoms with Gasteiger partial charge in [0.25, 0.3) is 0 Å². The van der Waals surface area contributed by atoms with Crippen LogP contribution in [0.4, 0.5) is 5.95 Å². The minimum Gasteiger partial charge on any atom is -0.497 e. The van der Waals surface area contributed by atoms with Crippen LogP contribution in [0.1, 0.15) is 18.5 Å². The number of nitrogens with zero attached hydrogens (tertiary/aromatic N) is 4. The van der Waals surface area contributed by atoms with Gasteiger partial charge < -0.3 is 10.1 Å². The summed E-state index contributed by atoms with van der Waals surface area (Å²) in [5.41, 5.74) is 3.00. The molecule has 0 aliphatic rings. The lowest BCUT2D eigenvalue weighted by Crippen LogP contribution is -2.10. The average molecular weight is 345 g/mol. The van der Waals surface area contributed by atoms with Crippen molar-refractivity contribution in [2.75, 3.05) is 12.4 Å². The van der Waals surface area contributed by atoms with Crippen LogP contribution in [0.3, 0.4) is 0 Å². The summed E-state index contributed by atoms with van der Waals surface area (Å²) in [5, 5.41) is 3.35. The van der Waals surface area contributed by atoms with Gasteiger partial charge in [-0.3, -0.25) is 4.57 Å². The van der Waals surface area contributed by atoms with Gasteiger partial charge >= 0.3 is 0 Å². The molecule has 0 bridgehead atoms. The Hall–Kier alpha value is -3.41. The molecule has 0 aliphatic carbocycles. The number of imidazole rings is 1. The lowest BCUT2D eigenvalue weighted by atomic mass is 10.1. The molecule has 130 valence electrons. The van der Waals surface area contributed by atoms with E-state index in [0.29, 0.717) is 5.95 Å². The zero-order valence-electron chi connectivity index (χ0n) is 14.6. The first-order valence-electron chi connectivity index (χ1n) is 8.40. The molecule has 0 aliphatic heterocycles. The van der Waals surface area contributed by atoms with Crippen molar-refractivity contribution in [3.8, 4) is 11.6 Å². The number of methoxy groups -OCH3 is 1. The molecule has 6 nitrogen and oxygen atoms in total. The number of ether oxygens (including phenoxy) is 1. The standard InChI is InChI=1S/C20H19N5O/c1-14(15-6-4-3-5-7-15)23-20-21-11-10-19(24-20)25-13-22-17-12-16(26-2)8-9-18(17)25/h3-14H,1-2H3,(H,21,23,24)/t14-/m0/s1. The third kappa shape index (κ3) is 3.09. The largest absolute Gasteiger partial charge is 0.497 e. The highest BCUT2D eigenvalue weighted by Gasteiger charge is 2.10. The Balaban J connectivity index is 1.64. The van der Waals surface area contributed by atoms with Crippen molar-refractivity contribution in [2.24, 2.45) is 0 Å². The van der Waals surface area contributed by atoms with Gasteiger partial charge in [-0.05, 0) is 30.7 Å². The van der Waals surface area contributed by atoms with E-state index in [0.717, 1.165) is 22.6 Å². The second-order valence-corrected chi connectivity index (χ2v) is 5.98. The molecule has 0 saturated heterocycles. The van der Waals surface area contributed by atoms with E-state index < -0.39 is 0 Å². The summed E-state index contributed by atoms with van der Waals surface area (Å²) in [6.07, 6.45) is 3.51. The fraction of sp³-hybridized carbons (Fsp3) is 0.150. The normalized spacial score (nSPS) is 12.1. The van der Waals surface area contributed by atoms with Gasteiger partial charge in [0.2, 0.25) is 5.95 Å². The minimum absolute atomic E-state index is 0.107. The fourth-order valence-electron chi connectivity index (χ4n) is 2.87. The average Bonchev–Trinajstić information content (AvgIpc) is 3.12. The molecule has 4 rings (SSSR count). The third-order valence-electron chi connectivity index (χ3n) is 4.29. The van der Waals surface area contributed by atoms with E-state index in [1.807, 2.05) is 47.0 Å². The van der Waals surface area contributed by atoms with Crippen molar-refractivity contribution < 1.29 is 4.74 Å². The molecule has 4 aromatic rings. The first-order chi connectivity index (χ1) is 12.7. The molecule has 2 heterocycles. The lowest BCUT2D eigenvalue weighted by Gasteiger charge is -2.14. The maximum Gasteiger partial charge on any atom is 0.225 e. The van der Waals surface area contributed by atoms with Crippen molar-refractivity contribution >= 4 is 17.0 Å². The van der Waals surface area contributed by atoms with Gasteiger partial charge in [0.05, 0.1) is 24.2 Å². The number of hydrogen-bond acceptors (Lipinski definition) is 5. The van der Waals surface area contributed by atoms with Gasteiger partial charge in [0, 0.05) is 12.3 Å². The molecule has 2 aromatic heterocycles. The first-order valence-corrected chi connectivity index (χ1v) is 8.40. The molecular formula is C20H19N5O. The lowest BCUT2D eigenvalue weighted by molar-refractivity contribution is 0.415. The van der Waals surface area contributed by atoms with E-state index >= 15 is 0 Å². The maximum absolute atomic E-state index is 5.26. The highest BCUT2D eigenvalue weighted by molar-refractivity contribution is 5.78. The van der Waals surface area contributed by atoms with Crippen molar-refractivity contribution in [3.63, 3.8) is 0 Å². The van der Waals surface area contributed by atoms with Gasteiger partial charge in [0.15, 0.2) is 0 Å². The van der Waals surface area contributed by atoms with Crippen LogP contribution in [-0.2, 0) is 0 Å². The molecule has 6 heteroatoms. The SMILES string of the molecule is COc1ccc2c(c1)ncn2-c1ccnc(N[C@@H](C)c2ccccc2)n1. The number of nitrogens with one attached hydrogen (secondary N) is 1. The number of fused-ring (bicyclic) bond motifs is 1. The maximum atomic E-state index is 5.26. The summed E-state index contributed by atoms with van der Waals surface area (Å²) in [6.45, 7) is 2.09. The first kappa shape index (κ1) is 16.1. The van der Waals surface area contributed by atoms with Crippen molar-refractivity contribution in [3.05, 3.63) is 72.7 Å². The molecule has 0 spiro atoms. The van der Waals surface area contributed by atoms with Crippen LogP contribution in [0.2, 0.25) is 0 Å².